The molecule has 2 aromatic rings. The predicted molar refractivity (Wildman–Crippen MR) is 104 cm³/mol. The minimum absolute atomic E-state index is 0.375. The zero-order valence-electron chi connectivity index (χ0n) is 16.9. The number of rotatable bonds is 8. The van der Waals surface area contributed by atoms with Gasteiger partial charge in [-0.3, -0.25) is 9.78 Å². The van der Waals surface area contributed by atoms with Gasteiger partial charge in [-0.25, -0.2) is 9.59 Å². The van der Waals surface area contributed by atoms with Crippen LogP contribution in [0.3, 0.4) is 0 Å². The Balaban J connectivity index is 1.93. The molecular formula is C22H26O6. The van der Waals surface area contributed by atoms with Crippen molar-refractivity contribution in [3.63, 3.8) is 0 Å². The highest BCUT2D eigenvalue weighted by Crippen LogP contribution is 2.14. The second kappa shape index (κ2) is 10.0. The summed E-state index contributed by atoms with van der Waals surface area (Å²) < 4.78 is 0. The van der Waals surface area contributed by atoms with Gasteiger partial charge in [-0.05, 0) is 52.0 Å². The molecule has 6 nitrogen and oxygen atoms in total. The van der Waals surface area contributed by atoms with Crippen LogP contribution in [0.15, 0.2) is 36.4 Å². The molecule has 0 aromatic heterocycles. The van der Waals surface area contributed by atoms with Crippen LogP contribution in [0.2, 0.25) is 0 Å². The fraction of sp³-hybridized carbons (Fsp3) is 0.364. The van der Waals surface area contributed by atoms with Crippen LogP contribution >= 0.6 is 0 Å². The molecule has 0 aliphatic carbocycles. The zero-order chi connectivity index (χ0) is 20.7. The number of aryl methyl sites for hydroxylation is 4. The minimum Gasteiger partial charge on any atom is -0.290 e. The Morgan fingerprint density at radius 3 is 1.39 bits per heavy atom. The first-order chi connectivity index (χ1) is 13.3. The summed E-state index contributed by atoms with van der Waals surface area (Å²) in [6.07, 6.45) is 0.0299. The van der Waals surface area contributed by atoms with Crippen LogP contribution in [0, 0.1) is 27.7 Å². The number of hydrogen-bond acceptors (Lipinski definition) is 6. The van der Waals surface area contributed by atoms with Crippen molar-refractivity contribution in [1.82, 2.24) is 0 Å². The Hall–Kier alpha value is -2.70. The maximum absolute atomic E-state index is 12.2. The Morgan fingerprint density at radius 2 is 1.07 bits per heavy atom. The van der Waals surface area contributed by atoms with Gasteiger partial charge < -0.3 is 0 Å². The molecule has 2 aromatic carbocycles. The van der Waals surface area contributed by atoms with Crippen molar-refractivity contribution < 1.29 is 29.1 Å². The van der Waals surface area contributed by atoms with E-state index in [0.717, 1.165) is 22.3 Å². The third-order valence-electron chi connectivity index (χ3n) is 3.90. The van der Waals surface area contributed by atoms with E-state index in [1.807, 2.05) is 46.8 Å². The second-order valence-electron chi connectivity index (χ2n) is 6.91. The molecular weight excluding hydrogens is 360 g/mol. The van der Waals surface area contributed by atoms with E-state index in [1.165, 1.54) is 0 Å². The summed E-state index contributed by atoms with van der Waals surface area (Å²) in [5, 5.41) is 0. The monoisotopic (exact) mass is 386 g/mol. The van der Waals surface area contributed by atoms with E-state index in [-0.39, 0.29) is 0 Å². The van der Waals surface area contributed by atoms with Gasteiger partial charge in [-0.2, -0.15) is 0 Å². The predicted octanol–water partition coefficient (Wildman–Crippen LogP) is 4.92. The van der Waals surface area contributed by atoms with Crippen molar-refractivity contribution in [2.24, 2.45) is 0 Å². The Labute approximate surface area is 165 Å². The van der Waals surface area contributed by atoms with E-state index in [2.05, 4.69) is 0 Å². The molecule has 0 atom stereocenters. The van der Waals surface area contributed by atoms with Gasteiger partial charge in [0.25, 0.3) is 0 Å². The van der Waals surface area contributed by atoms with Crippen LogP contribution in [0.4, 0.5) is 0 Å². The molecule has 0 bridgehead atoms. The quantitative estimate of drug-likeness (QED) is 0.364. The topological polar surface area (TPSA) is 71.1 Å². The van der Waals surface area contributed by atoms with E-state index >= 15 is 0 Å². The lowest BCUT2D eigenvalue weighted by Gasteiger charge is -2.15. The average Bonchev–Trinajstić information content (AvgIpc) is 2.61. The Morgan fingerprint density at radius 1 is 0.714 bits per heavy atom. The highest BCUT2D eigenvalue weighted by atomic mass is 17.3. The van der Waals surface area contributed by atoms with Crippen LogP contribution in [-0.4, -0.2) is 18.2 Å². The van der Waals surface area contributed by atoms with Crippen LogP contribution in [0.25, 0.3) is 0 Å². The van der Waals surface area contributed by atoms with Crippen LogP contribution < -0.4 is 0 Å². The van der Waals surface area contributed by atoms with E-state index in [9.17, 15) is 9.59 Å². The molecule has 0 saturated carbocycles. The first-order valence-electron chi connectivity index (χ1n) is 9.20. The number of benzene rings is 2. The van der Waals surface area contributed by atoms with Crippen LogP contribution in [-0.2, 0) is 19.6 Å². The van der Waals surface area contributed by atoms with Gasteiger partial charge in [0.2, 0.25) is 6.29 Å². The fourth-order valence-corrected chi connectivity index (χ4v) is 2.82. The fourth-order valence-electron chi connectivity index (χ4n) is 2.82. The summed E-state index contributed by atoms with van der Waals surface area (Å²) in [5.41, 5.74) is 4.51. The summed E-state index contributed by atoms with van der Waals surface area (Å²) >= 11 is 0. The van der Waals surface area contributed by atoms with Crippen molar-refractivity contribution in [3.05, 3.63) is 69.8 Å². The molecule has 0 spiro atoms. The molecule has 150 valence electrons. The van der Waals surface area contributed by atoms with Crippen LogP contribution in [0.1, 0.15) is 62.7 Å². The summed E-state index contributed by atoms with van der Waals surface area (Å²) in [6.45, 7) is 9.46. The zero-order valence-corrected chi connectivity index (χ0v) is 16.9. The molecule has 0 fully saturated rings. The second-order valence-corrected chi connectivity index (χ2v) is 6.91. The number of carbonyl (C=O) groups excluding carboxylic acids is 2. The van der Waals surface area contributed by atoms with Gasteiger partial charge in [0.05, 0.1) is 11.1 Å². The van der Waals surface area contributed by atoms with Gasteiger partial charge in [0.15, 0.2) is 0 Å². The smallest absolute Gasteiger partial charge is 0.290 e. The van der Waals surface area contributed by atoms with Crippen molar-refractivity contribution in [3.8, 4) is 0 Å². The Kier molecular flexibility index (Phi) is 7.72. The molecule has 2 rings (SSSR count). The minimum atomic E-state index is -1.02. The maximum Gasteiger partial charge on any atom is 0.373 e. The SMILES string of the molecule is CCCC(OOC(=O)c1cc(C)cc(C)c1)OOC(=O)c1cc(C)cc(C)c1. The first kappa shape index (κ1) is 21.6. The van der Waals surface area contributed by atoms with Gasteiger partial charge in [0.1, 0.15) is 0 Å². The standard InChI is InChI=1S/C22H26O6/c1-6-7-20(25-27-21(23)18-10-14(2)8-15(3)11-18)26-28-22(24)19-12-16(4)9-17(5)13-19/h8-13,20H,6-7H2,1-5H3. The molecule has 0 amide bonds. The highest BCUT2D eigenvalue weighted by molar-refractivity contribution is 5.90. The normalized spacial score (nSPS) is 10.8. The lowest BCUT2D eigenvalue weighted by molar-refractivity contribution is -0.421. The van der Waals surface area contributed by atoms with E-state index in [0.29, 0.717) is 24.0 Å². The average molecular weight is 386 g/mol. The molecule has 0 heterocycles. The van der Waals surface area contributed by atoms with Crippen molar-refractivity contribution in [2.75, 3.05) is 0 Å². The summed E-state index contributed by atoms with van der Waals surface area (Å²) in [4.78, 5) is 44.2. The molecule has 0 saturated heterocycles. The molecule has 28 heavy (non-hydrogen) atoms. The van der Waals surface area contributed by atoms with Crippen LogP contribution in [0.5, 0.6) is 0 Å². The van der Waals surface area contributed by atoms with Gasteiger partial charge in [0, 0.05) is 6.42 Å². The molecule has 0 radical (unpaired) electrons. The van der Waals surface area contributed by atoms with Crippen molar-refractivity contribution in [1.29, 1.82) is 0 Å². The summed E-state index contributed by atoms with van der Waals surface area (Å²) in [5.74, 6) is -1.28. The van der Waals surface area contributed by atoms with Gasteiger partial charge in [-0.15, -0.1) is 9.78 Å². The molecule has 0 unspecified atom stereocenters. The number of carbonyl (C=O) groups is 2. The lowest BCUT2D eigenvalue weighted by Crippen LogP contribution is -2.22. The summed E-state index contributed by atoms with van der Waals surface area (Å²) in [7, 11) is 0. The summed E-state index contributed by atoms with van der Waals surface area (Å²) in [6, 6.07) is 10.7. The molecule has 0 aliphatic rings. The van der Waals surface area contributed by atoms with Crippen molar-refractivity contribution >= 4 is 11.9 Å². The van der Waals surface area contributed by atoms with E-state index in [4.69, 9.17) is 19.6 Å². The molecule has 0 aliphatic heterocycles. The van der Waals surface area contributed by atoms with E-state index < -0.39 is 18.2 Å². The highest BCUT2D eigenvalue weighted by Gasteiger charge is 2.19. The third-order valence-corrected chi connectivity index (χ3v) is 3.90. The Bertz CT molecular complexity index is 735. The van der Waals surface area contributed by atoms with Crippen molar-refractivity contribution in [2.45, 2.75) is 53.8 Å². The van der Waals surface area contributed by atoms with Gasteiger partial charge in [-0.1, -0.05) is 47.7 Å². The largest absolute Gasteiger partial charge is 0.373 e. The molecule has 6 heteroatoms. The molecule has 0 N–H and O–H groups in total. The third kappa shape index (κ3) is 6.48. The maximum atomic E-state index is 12.2. The number of hydrogen-bond donors (Lipinski definition) is 0. The van der Waals surface area contributed by atoms with E-state index in [1.54, 1.807) is 24.3 Å². The first-order valence-corrected chi connectivity index (χ1v) is 9.20. The van der Waals surface area contributed by atoms with Gasteiger partial charge >= 0.3 is 11.9 Å². The lowest BCUT2D eigenvalue weighted by atomic mass is 10.1.